The first-order valence-electron chi connectivity index (χ1n) is 11.0. The summed E-state index contributed by atoms with van der Waals surface area (Å²) in [6.07, 6.45) is -0.295. The molecule has 0 saturated carbocycles. The van der Waals surface area contributed by atoms with Crippen LogP contribution in [0, 0.1) is 5.92 Å². The summed E-state index contributed by atoms with van der Waals surface area (Å²) < 4.78 is 8.20. The Morgan fingerprint density at radius 2 is 1.73 bits per heavy atom. The van der Waals surface area contributed by atoms with E-state index >= 15 is 0 Å². The van der Waals surface area contributed by atoms with E-state index in [9.17, 15) is 4.79 Å². The topological polar surface area (TPSA) is 57.0 Å². The molecule has 0 radical (unpaired) electrons. The lowest BCUT2D eigenvalue weighted by molar-refractivity contribution is 0.102. The van der Waals surface area contributed by atoms with E-state index < -0.39 is 0 Å². The van der Waals surface area contributed by atoms with Crippen molar-refractivity contribution in [1.29, 1.82) is 0 Å². The van der Waals surface area contributed by atoms with Crippen LogP contribution in [0.25, 0.3) is 0 Å². The summed E-state index contributed by atoms with van der Waals surface area (Å²) in [6.45, 7) is 11.3. The number of hydrogen-bond acceptors (Lipinski definition) is 5. The molecule has 0 spiro atoms. The smallest absolute Gasteiger partial charge is 0.191 e. The summed E-state index contributed by atoms with van der Waals surface area (Å²) in [7, 11) is 0. The quantitative estimate of drug-likeness (QED) is 0.211. The highest BCUT2D eigenvalue weighted by atomic mass is 35.5. The lowest BCUT2D eigenvalue weighted by Crippen LogP contribution is -2.15. The molecule has 0 aliphatic carbocycles. The van der Waals surface area contributed by atoms with Crippen molar-refractivity contribution < 1.29 is 9.53 Å². The van der Waals surface area contributed by atoms with Gasteiger partial charge in [-0.05, 0) is 54.7 Å². The summed E-state index contributed by atoms with van der Waals surface area (Å²) in [5.41, 5.74) is 1.72. The molecule has 2 aromatic carbocycles. The molecule has 0 aliphatic heterocycles. The second-order valence-corrected chi connectivity index (χ2v) is 10.5. The molecule has 1 aromatic heterocycles. The second-order valence-electron chi connectivity index (χ2n) is 8.67. The van der Waals surface area contributed by atoms with Gasteiger partial charge in [-0.1, -0.05) is 74.8 Å². The molecule has 0 amide bonds. The van der Waals surface area contributed by atoms with Gasteiger partial charge in [0.1, 0.15) is 5.75 Å². The van der Waals surface area contributed by atoms with E-state index in [0.29, 0.717) is 32.6 Å². The summed E-state index contributed by atoms with van der Waals surface area (Å²) in [5, 5.41) is 10.3. The number of carbonyl (C=O) groups excluding carboxylic acids is 1. The first-order valence-corrected chi connectivity index (χ1v) is 12.7. The minimum atomic E-state index is -0.295. The predicted molar refractivity (Wildman–Crippen MR) is 136 cm³/mol. The monoisotopic (exact) mass is 505 g/mol. The average molecular weight is 506 g/mol. The number of hydrogen-bond donors (Lipinski definition) is 0. The van der Waals surface area contributed by atoms with Crippen LogP contribution in [0.2, 0.25) is 10.0 Å². The lowest BCUT2D eigenvalue weighted by atomic mass is 10.0. The van der Waals surface area contributed by atoms with Crippen molar-refractivity contribution in [2.75, 3.05) is 5.75 Å². The summed E-state index contributed by atoms with van der Waals surface area (Å²) in [4.78, 5) is 12.7. The van der Waals surface area contributed by atoms with Gasteiger partial charge in [0, 0.05) is 17.1 Å². The molecule has 1 atom stereocenters. The van der Waals surface area contributed by atoms with E-state index in [1.165, 1.54) is 17.3 Å². The van der Waals surface area contributed by atoms with Crippen LogP contribution >= 0.6 is 35.0 Å². The van der Waals surface area contributed by atoms with Gasteiger partial charge in [-0.3, -0.25) is 4.79 Å². The fourth-order valence-corrected chi connectivity index (χ4v) is 4.71. The van der Waals surface area contributed by atoms with Crippen molar-refractivity contribution in [3.05, 3.63) is 69.5 Å². The molecule has 1 unspecified atom stereocenters. The largest absolute Gasteiger partial charge is 0.483 e. The van der Waals surface area contributed by atoms with E-state index in [0.717, 1.165) is 18.1 Å². The van der Waals surface area contributed by atoms with E-state index in [2.05, 4.69) is 50.0 Å². The molecular weight excluding hydrogens is 477 g/mol. The Balaban J connectivity index is 1.75. The molecule has 3 rings (SSSR count). The molecule has 0 saturated heterocycles. The van der Waals surface area contributed by atoms with Crippen LogP contribution < -0.4 is 4.74 Å². The molecule has 3 aromatic rings. The van der Waals surface area contributed by atoms with Crippen molar-refractivity contribution in [2.45, 2.75) is 58.3 Å². The maximum Gasteiger partial charge on any atom is 0.191 e. The highest BCUT2D eigenvalue weighted by Gasteiger charge is 2.22. The lowest BCUT2D eigenvalue weighted by Gasteiger charge is -2.18. The third-order valence-corrected chi connectivity index (χ3v) is 6.59. The van der Waals surface area contributed by atoms with Gasteiger partial charge in [-0.25, -0.2) is 0 Å². The SMILES string of the molecule is CC(C)Cn1c(SCC(=O)c2ccc(Cl)cc2Cl)nnc1C(C)Oc1ccc(C(C)C)cc1. The van der Waals surface area contributed by atoms with Crippen LogP contribution in [-0.2, 0) is 6.54 Å². The Bertz CT molecular complexity index is 1100. The summed E-state index contributed by atoms with van der Waals surface area (Å²) in [5.74, 6) is 2.47. The molecule has 176 valence electrons. The zero-order valence-electron chi connectivity index (χ0n) is 19.5. The van der Waals surface area contributed by atoms with Gasteiger partial charge >= 0.3 is 0 Å². The highest BCUT2D eigenvalue weighted by Crippen LogP contribution is 2.28. The maximum atomic E-state index is 12.7. The van der Waals surface area contributed by atoms with E-state index in [-0.39, 0.29) is 17.6 Å². The number of Topliss-reactive ketones (excluding diaryl/α,β-unsaturated/α-hetero) is 1. The first kappa shape index (κ1) is 25.6. The third-order valence-electron chi connectivity index (χ3n) is 5.08. The number of rotatable bonds is 10. The van der Waals surface area contributed by atoms with Crippen molar-refractivity contribution in [2.24, 2.45) is 5.92 Å². The van der Waals surface area contributed by atoms with Crippen LogP contribution in [0.4, 0.5) is 0 Å². The molecular formula is C25H29Cl2N3O2S. The number of ether oxygens (including phenoxy) is 1. The molecule has 0 bridgehead atoms. The van der Waals surface area contributed by atoms with Gasteiger partial charge in [-0.2, -0.15) is 0 Å². The zero-order valence-corrected chi connectivity index (χ0v) is 21.8. The van der Waals surface area contributed by atoms with E-state index in [4.69, 9.17) is 27.9 Å². The van der Waals surface area contributed by atoms with Crippen LogP contribution in [-0.4, -0.2) is 26.3 Å². The molecule has 0 fully saturated rings. The highest BCUT2D eigenvalue weighted by molar-refractivity contribution is 7.99. The number of nitrogens with zero attached hydrogens (tertiary/aromatic N) is 3. The normalized spacial score (nSPS) is 12.4. The number of halogens is 2. The minimum absolute atomic E-state index is 0.0862. The van der Waals surface area contributed by atoms with Crippen LogP contribution in [0.15, 0.2) is 47.6 Å². The van der Waals surface area contributed by atoms with Crippen molar-refractivity contribution in [3.8, 4) is 5.75 Å². The molecule has 0 aliphatic rings. The number of aromatic nitrogens is 3. The second kappa shape index (κ2) is 11.4. The Morgan fingerprint density at radius 3 is 2.33 bits per heavy atom. The van der Waals surface area contributed by atoms with Gasteiger partial charge in [-0.15, -0.1) is 10.2 Å². The Labute approximate surface area is 209 Å². The standard InChI is InChI=1S/C25H29Cl2N3O2S/c1-15(2)13-30-24(17(5)32-20-9-6-18(7-10-20)16(3)4)28-29-25(30)33-14-23(31)21-11-8-19(26)12-22(21)27/h6-12,15-17H,13-14H2,1-5H3. The molecule has 0 N–H and O–H groups in total. The fourth-order valence-electron chi connectivity index (χ4n) is 3.36. The molecule has 33 heavy (non-hydrogen) atoms. The molecule has 1 heterocycles. The zero-order chi connectivity index (χ0) is 24.1. The van der Waals surface area contributed by atoms with Gasteiger partial charge in [0.05, 0.1) is 10.8 Å². The first-order chi connectivity index (χ1) is 15.7. The number of benzene rings is 2. The Morgan fingerprint density at radius 1 is 1.03 bits per heavy atom. The molecule has 8 heteroatoms. The minimum Gasteiger partial charge on any atom is -0.483 e. The molecule has 5 nitrogen and oxygen atoms in total. The van der Waals surface area contributed by atoms with E-state index in [1.807, 2.05) is 23.6 Å². The van der Waals surface area contributed by atoms with Gasteiger partial charge in [0.2, 0.25) is 0 Å². The number of carbonyl (C=O) groups is 1. The third kappa shape index (κ3) is 6.75. The predicted octanol–water partition coefficient (Wildman–Crippen LogP) is 7.48. The summed E-state index contributed by atoms with van der Waals surface area (Å²) >= 11 is 13.5. The Kier molecular flexibility index (Phi) is 8.85. The van der Waals surface area contributed by atoms with E-state index in [1.54, 1.807) is 18.2 Å². The van der Waals surface area contributed by atoms with Crippen molar-refractivity contribution >= 4 is 40.7 Å². The fraction of sp³-hybridized carbons (Fsp3) is 0.400. The number of ketones is 1. The van der Waals surface area contributed by atoms with Crippen molar-refractivity contribution in [3.63, 3.8) is 0 Å². The number of thioether (sulfide) groups is 1. The van der Waals surface area contributed by atoms with Crippen LogP contribution in [0.5, 0.6) is 5.75 Å². The van der Waals surface area contributed by atoms with Gasteiger partial charge in [0.15, 0.2) is 22.9 Å². The van der Waals surface area contributed by atoms with Crippen molar-refractivity contribution in [1.82, 2.24) is 14.8 Å². The average Bonchev–Trinajstić information content (AvgIpc) is 3.14. The van der Waals surface area contributed by atoms with Gasteiger partial charge < -0.3 is 9.30 Å². The van der Waals surface area contributed by atoms with Crippen LogP contribution in [0.3, 0.4) is 0 Å². The van der Waals surface area contributed by atoms with Gasteiger partial charge in [0.25, 0.3) is 0 Å². The van der Waals surface area contributed by atoms with Crippen LogP contribution in [0.1, 0.15) is 68.4 Å². The summed E-state index contributed by atoms with van der Waals surface area (Å²) in [6, 6.07) is 13.0. The Hall–Kier alpha value is -2.02. The maximum absolute atomic E-state index is 12.7.